The second-order valence-corrected chi connectivity index (χ2v) is 9.08. The van der Waals surface area contributed by atoms with Gasteiger partial charge in [0.1, 0.15) is 0 Å². The second kappa shape index (κ2) is 8.74. The number of fused-ring (bicyclic) bond motifs is 2. The van der Waals surface area contributed by atoms with Gasteiger partial charge in [0.15, 0.2) is 0 Å². The lowest BCUT2D eigenvalue weighted by Gasteiger charge is -2.36. The van der Waals surface area contributed by atoms with Crippen molar-refractivity contribution in [2.24, 2.45) is 11.8 Å². The lowest BCUT2D eigenvalue weighted by Crippen LogP contribution is -2.43. The minimum atomic E-state index is -1.01. The summed E-state index contributed by atoms with van der Waals surface area (Å²) in [4.78, 5) is 38.9. The van der Waals surface area contributed by atoms with Crippen LogP contribution in [0.25, 0.3) is 0 Å². The highest BCUT2D eigenvalue weighted by Crippen LogP contribution is 2.49. The fourth-order valence-corrected chi connectivity index (χ4v) is 5.77. The smallest absolute Gasteiger partial charge is 0.311 e. The number of rotatable bonds is 5. The molecule has 1 saturated heterocycles. The second-order valence-electron chi connectivity index (χ2n) is 9.08. The van der Waals surface area contributed by atoms with Crippen LogP contribution in [-0.4, -0.2) is 39.4 Å². The molecular weight excluding hydrogens is 432 g/mol. The molecule has 0 radical (unpaired) electrons. The molecule has 0 unspecified atom stereocenters. The zero-order valence-corrected chi connectivity index (χ0v) is 18.4. The number of nitrogens with zero attached hydrogens (tertiary/aromatic N) is 2. The van der Waals surface area contributed by atoms with E-state index in [1.165, 1.54) is 12.1 Å². The quantitative estimate of drug-likeness (QED) is 0.455. The first-order valence-corrected chi connectivity index (χ1v) is 11.3. The van der Waals surface area contributed by atoms with Crippen LogP contribution in [0.2, 0.25) is 0 Å². The highest BCUT2D eigenvalue weighted by atomic mass is 16.6. The van der Waals surface area contributed by atoms with Gasteiger partial charge in [-0.25, -0.2) is 0 Å². The molecule has 1 aliphatic heterocycles. The number of non-ortho nitro benzene ring substituents is 1. The number of carboxylic acid groups (broad SMARTS) is 1. The van der Waals surface area contributed by atoms with Crippen LogP contribution in [0.5, 0.6) is 0 Å². The van der Waals surface area contributed by atoms with Crippen molar-refractivity contribution in [3.63, 3.8) is 0 Å². The van der Waals surface area contributed by atoms with E-state index in [4.69, 9.17) is 0 Å². The minimum absolute atomic E-state index is 0.0450. The molecule has 0 aromatic heterocycles. The third-order valence-electron chi connectivity index (χ3n) is 7.20. The molecule has 172 valence electrons. The largest absolute Gasteiger partial charge is 0.481 e. The molecule has 1 N–H and O–H groups in total. The van der Waals surface area contributed by atoms with E-state index < -0.39 is 16.8 Å². The predicted octanol–water partition coefficient (Wildman–Crippen LogP) is 4.32. The van der Waals surface area contributed by atoms with Crippen LogP contribution in [0.4, 0.5) is 5.69 Å². The maximum atomic E-state index is 13.6. The Kier molecular flexibility index (Phi) is 5.61. The van der Waals surface area contributed by atoms with E-state index in [0.717, 1.165) is 11.1 Å². The first-order chi connectivity index (χ1) is 16.4. The van der Waals surface area contributed by atoms with Crippen molar-refractivity contribution in [2.45, 2.75) is 24.8 Å². The Bertz CT molecular complexity index is 1240. The maximum absolute atomic E-state index is 13.6. The zero-order chi connectivity index (χ0) is 23.8. The Morgan fingerprint density at radius 2 is 1.68 bits per heavy atom. The van der Waals surface area contributed by atoms with E-state index in [1.54, 1.807) is 18.2 Å². The minimum Gasteiger partial charge on any atom is -0.481 e. The number of hydrogen-bond acceptors (Lipinski definition) is 4. The predicted molar refractivity (Wildman–Crippen MR) is 126 cm³/mol. The molecule has 3 aromatic carbocycles. The van der Waals surface area contributed by atoms with Gasteiger partial charge in [-0.2, -0.15) is 0 Å². The number of aliphatic carboxylic acids is 1. The Morgan fingerprint density at radius 1 is 1.00 bits per heavy atom. The first-order valence-electron chi connectivity index (χ1n) is 11.3. The lowest BCUT2D eigenvalue weighted by molar-refractivity contribution is -0.385. The molecule has 7 nitrogen and oxygen atoms in total. The molecule has 4 atom stereocenters. The van der Waals surface area contributed by atoms with Gasteiger partial charge in [-0.05, 0) is 47.6 Å². The summed E-state index contributed by atoms with van der Waals surface area (Å²) in [5.74, 6) is -2.44. The maximum Gasteiger partial charge on any atom is 0.311 e. The zero-order valence-electron chi connectivity index (χ0n) is 18.4. The number of likely N-dealkylation sites (tertiary alicyclic amines) is 1. The van der Waals surface area contributed by atoms with Gasteiger partial charge in [0.2, 0.25) is 0 Å². The van der Waals surface area contributed by atoms with Gasteiger partial charge in [0.25, 0.3) is 11.6 Å². The number of carbonyl (C=O) groups is 2. The summed E-state index contributed by atoms with van der Waals surface area (Å²) in [6.07, 6.45) is 1.11. The average Bonchev–Trinajstić information content (AvgIpc) is 3.20. The van der Waals surface area contributed by atoms with Crippen LogP contribution in [0.3, 0.4) is 0 Å². The van der Waals surface area contributed by atoms with Gasteiger partial charge < -0.3 is 10.0 Å². The van der Waals surface area contributed by atoms with E-state index in [9.17, 15) is 24.8 Å². The van der Waals surface area contributed by atoms with Crippen molar-refractivity contribution in [3.05, 3.63) is 111 Å². The summed E-state index contributed by atoms with van der Waals surface area (Å²) in [7, 11) is 0. The highest BCUT2D eigenvalue weighted by molar-refractivity contribution is 5.95. The first kappa shape index (κ1) is 21.8. The van der Waals surface area contributed by atoms with E-state index >= 15 is 0 Å². The van der Waals surface area contributed by atoms with E-state index in [1.807, 2.05) is 53.4 Å². The molecule has 1 fully saturated rings. The normalized spacial score (nSPS) is 23.1. The average molecular weight is 456 g/mol. The lowest BCUT2D eigenvalue weighted by atomic mass is 9.67. The van der Waals surface area contributed by atoms with Crippen molar-refractivity contribution < 1.29 is 19.6 Å². The summed E-state index contributed by atoms with van der Waals surface area (Å²) < 4.78 is 0. The summed E-state index contributed by atoms with van der Waals surface area (Å²) in [6, 6.07) is 23.0. The standard InChI is InChI=1S/C27H24N2O5/c30-26(18-9-5-2-6-10-18)28-16-20-14-19-11-12-21(29(33)34)15-22(19)25(27(31)32)24(20)23(28)13-17-7-3-1-4-8-17/h1-12,15,20,23-25H,13-14,16H2,(H,31,32)/t20-,23+,24-,25+/m1/s1. The Balaban J connectivity index is 1.59. The molecule has 0 spiro atoms. The van der Waals surface area contributed by atoms with Gasteiger partial charge in [0.05, 0.1) is 10.8 Å². The van der Waals surface area contributed by atoms with E-state index in [0.29, 0.717) is 30.5 Å². The molecular formula is C27H24N2O5. The Hall–Kier alpha value is -4.00. The number of carbonyl (C=O) groups excluding carboxylic acids is 1. The van der Waals surface area contributed by atoms with Crippen molar-refractivity contribution in [1.82, 2.24) is 4.90 Å². The number of nitro benzene ring substituents is 1. The molecule has 5 rings (SSSR count). The van der Waals surface area contributed by atoms with E-state index in [-0.39, 0.29) is 29.5 Å². The molecule has 1 aliphatic carbocycles. The summed E-state index contributed by atoms with van der Waals surface area (Å²) >= 11 is 0. The van der Waals surface area contributed by atoms with Crippen molar-refractivity contribution in [1.29, 1.82) is 0 Å². The molecule has 1 amide bonds. The molecule has 0 saturated carbocycles. The number of carboxylic acids is 1. The third-order valence-corrected chi connectivity index (χ3v) is 7.20. The Labute approximate surface area is 196 Å². The molecule has 7 heteroatoms. The number of hydrogen-bond donors (Lipinski definition) is 1. The van der Waals surface area contributed by atoms with Crippen molar-refractivity contribution >= 4 is 17.6 Å². The van der Waals surface area contributed by atoms with Crippen LogP contribution in [-0.2, 0) is 17.6 Å². The summed E-state index contributed by atoms with van der Waals surface area (Å²) in [5.41, 5.74) is 2.78. The van der Waals surface area contributed by atoms with Crippen LogP contribution >= 0.6 is 0 Å². The van der Waals surface area contributed by atoms with Crippen molar-refractivity contribution in [2.75, 3.05) is 6.54 Å². The summed E-state index contributed by atoms with van der Waals surface area (Å²) in [5, 5.41) is 21.7. The molecule has 2 aliphatic rings. The molecule has 34 heavy (non-hydrogen) atoms. The summed E-state index contributed by atoms with van der Waals surface area (Å²) in [6.45, 7) is 0.454. The number of benzene rings is 3. The molecule has 3 aromatic rings. The van der Waals surface area contributed by atoms with Crippen molar-refractivity contribution in [3.8, 4) is 0 Å². The molecule has 0 bridgehead atoms. The fraction of sp³-hybridized carbons (Fsp3) is 0.259. The van der Waals surface area contributed by atoms with E-state index in [2.05, 4.69) is 0 Å². The Morgan fingerprint density at radius 3 is 2.32 bits per heavy atom. The third kappa shape index (κ3) is 3.83. The SMILES string of the molecule is O=C(O)[C@H]1c2cc([N+](=O)[O-])ccc2C[C@@H]2CN(C(=O)c3ccccc3)[C@@H](Cc3ccccc3)[C@@H]21. The van der Waals surface area contributed by atoms with Crippen LogP contribution < -0.4 is 0 Å². The number of amides is 1. The van der Waals surface area contributed by atoms with Gasteiger partial charge >= 0.3 is 5.97 Å². The molecule has 1 heterocycles. The van der Waals surface area contributed by atoms with Gasteiger partial charge in [-0.1, -0.05) is 54.6 Å². The van der Waals surface area contributed by atoms with Crippen LogP contribution in [0.1, 0.15) is 33.0 Å². The van der Waals surface area contributed by atoms with Gasteiger partial charge in [-0.15, -0.1) is 0 Å². The van der Waals surface area contributed by atoms with Gasteiger partial charge in [-0.3, -0.25) is 19.7 Å². The van der Waals surface area contributed by atoms with Crippen LogP contribution in [0, 0.1) is 22.0 Å². The van der Waals surface area contributed by atoms with Crippen LogP contribution in [0.15, 0.2) is 78.9 Å². The topological polar surface area (TPSA) is 101 Å². The number of nitro groups is 1. The highest BCUT2D eigenvalue weighted by Gasteiger charge is 2.52. The fourth-order valence-electron chi connectivity index (χ4n) is 5.77. The monoisotopic (exact) mass is 456 g/mol. The van der Waals surface area contributed by atoms with Gasteiger partial charge in [0, 0.05) is 36.2 Å².